The van der Waals surface area contributed by atoms with E-state index in [0.717, 1.165) is 46.6 Å². The Labute approximate surface area is 150 Å². The summed E-state index contributed by atoms with van der Waals surface area (Å²) in [7, 11) is 3.72. The zero-order valence-electron chi connectivity index (χ0n) is 13.9. The highest BCUT2D eigenvalue weighted by molar-refractivity contribution is 7.13. The van der Waals surface area contributed by atoms with Gasteiger partial charge in [-0.25, -0.2) is 4.98 Å². The standard InChI is InChI=1S/C18H19ClN2O2S/c1-12-4-6-17(23-12)18-20-15(11-24-18)10-21(2)9-13-8-14(19)5-7-16(13)22-3/h4-8,11H,9-10H2,1-3H3. The van der Waals surface area contributed by atoms with Crippen LogP contribution in [-0.2, 0) is 13.1 Å². The highest BCUT2D eigenvalue weighted by Crippen LogP contribution is 2.27. The van der Waals surface area contributed by atoms with Crippen LogP contribution in [0.3, 0.4) is 0 Å². The van der Waals surface area contributed by atoms with E-state index in [0.29, 0.717) is 5.02 Å². The molecule has 0 fully saturated rings. The number of rotatable bonds is 6. The largest absolute Gasteiger partial charge is 0.496 e. The molecule has 0 radical (unpaired) electrons. The van der Waals surface area contributed by atoms with Gasteiger partial charge in [0.15, 0.2) is 10.8 Å². The molecule has 3 rings (SSSR count). The predicted molar refractivity (Wildman–Crippen MR) is 97.7 cm³/mol. The maximum absolute atomic E-state index is 6.10. The van der Waals surface area contributed by atoms with Crippen LogP contribution in [0, 0.1) is 6.92 Å². The molecule has 0 aliphatic rings. The first-order valence-electron chi connectivity index (χ1n) is 7.57. The lowest BCUT2D eigenvalue weighted by Gasteiger charge is -2.17. The Hall–Kier alpha value is -1.82. The predicted octanol–water partition coefficient (Wildman–Crippen LogP) is 5.01. The van der Waals surface area contributed by atoms with Crippen molar-refractivity contribution in [1.29, 1.82) is 0 Å². The monoisotopic (exact) mass is 362 g/mol. The van der Waals surface area contributed by atoms with Crippen LogP contribution in [0.25, 0.3) is 10.8 Å². The first kappa shape index (κ1) is 17.0. The van der Waals surface area contributed by atoms with E-state index in [1.165, 1.54) is 0 Å². The third kappa shape index (κ3) is 3.98. The van der Waals surface area contributed by atoms with E-state index < -0.39 is 0 Å². The Morgan fingerprint density at radius 2 is 2.08 bits per heavy atom. The van der Waals surface area contributed by atoms with Gasteiger partial charge in [0, 0.05) is 29.1 Å². The Kier molecular flexibility index (Phi) is 5.23. The van der Waals surface area contributed by atoms with Crippen molar-refractivity contribution in [3.05, 3.63) is 57.8 Å². The second-order valence-electron chi connectivity index (χ2n) is 5.68. The van der Waals surface area contributed by atoms with Crippen LogP contribution in [0.1, 0.15) is 17.0 Å². The van der Waals surface area contributed by atoms with Gasteiger partial charge in [-0.3, -0.25) is 4.90 Å². The smallest absolute Gasteiger partial charge is 0.162 e. The van der Waals surface area contributed by atoms with Crippen LogP contribution >= 0.6 is 22.9 Å². The summed E-state index contributed by atoms with van der Waals surface area (Å²) >= 11 is 7.69. The van der Waals surface area contributed by atoms with Crippen LogP contribution in [0.5, 0.6) is 5.75 Å². The van der Waals surface area contributed by atoms with E-state index in [-0.39, 0.29) is 0 Å². The molecule has 0 bridgehead atoms. The summed E-state index contributed by atoms with van der Waals surface area (Å²) in [6.07, 6.45) is 0. The second kappa shape index (κ2) is 7.38. The number of furan rings is 1. The SMILES string of the molecule is COc1ccc(Cl)cc1CN(C)Cc1csc(-c2ccc(C)o2)n1. The van der Waals surface area contributed by atoms with Crippen molar-refractivity contribution in [1.82, 2.24) is 9.88 Å². The first-order chi connectivity index (χ1) is 11.5. The normalized spacial score (nSPS) is 11.2. The summed E-state index contributed by atoms with van der Waals surface area (Å²) < 4.78 is 11.0. The number of thiazole rings is 1. The first-order valence-corrected chi connectivity index (χ1v) is 8.83. The van der Waals surface area contributed by atoms with Crippen molar-refractivity contribution in [2.75, 3.05) is 14.2 Å². The fraction of sp³-hybridized carbons (Fsp3) is 0.278. The third-order valence-corrected chi connectivity index (χ3v) is 4.76. The fourth-order valence-corrected chi connectivity index (χ4v) is 3.50. The van der Waals surface area contributed by atoms with Gasteiger partial charge in [0.2, 0.25) is 0 Å². The van der Waals surface area contributed by atoms with Gasteiger partial charge in [0.05, 0.1) is 12.8 Å². The molecule has 0 saturated heterocycles. The van der Waals surface area contributed by atoms with E-state index in [1.807, 2.05) is 37.3 Å². The molecule has 0 aliphatic carbocycles. The Morgan fingerprint density at radius 3 is 2.79 bits per heavy atom. The quantitative estimate of drug-likeness (QED) is 0.618. The van der Waals surface area contributed by atoms with Crippen LogP contribution in [0.4, 0.5) is 0 Å². The summed E-state index contributed by atoms with van der Waals surface area (Å²) in [5.41, 5.74) is 2.08. The highest BCUT2D eigenvalue weighted by Gasteiger charge is 2.12. The number of hydrogen-bond acceptors (Lipinski definition) is 5. The third-order valence-electron chi connectivity index (χ3n) is 3.62. The van der Waals surface area contributed by atoms with Crippen molar-refractivity contribution < 1.29 is 9.15 Å². The molecule has 0 amide bonds. The number of hydrogen-bond donors (Lipinski definition) is 0. The van der Waals surface area contributed by atoms with Gasteiger partial charge in [-0.05, 0) is 44.3 Å². The van der Waals surface area contributed by atoms with Gasteiger partial charge in [-0.1, -0.05) is 11.6 Å². The summed E-state index contributed by atoms with van der Waals surface area (Å²) in [4.78, 5) is 6.84. The molecule has 2 heterocycles. The Morgan fingerprint density at radius 1 is 1.25 bits per heavy atom. The van der Waals surface area contributed by atoms with Gasteiger partial charge in [-0.15, -0.1) is 11.3 Å². The van der Waals surface area contributed by atoms with Crippen LogP contribution in [-0.4, -0.2) is 24.0 Å². The van der Waals surface area contributed by atoms with Crippen LogP contribution < -0.4 is 4.74 Å². The molecule has 24 heavy (non-hydrogen) atoms. The maximum atomic E-state index is 6.10. The highest BCUT2D eigenvalue weighted by atomic mass is 35.5. The van der Waals surface area contributed by atoms with Crippen LogP contribution in [0.2, 0.25) is 5.02 Å². The molecular formula is C18H19ClN2O2S. The van der Waals surface area contributed by atoms with Crippen molar-refractivity contribution in [2.45, 2.75) is 20.0 Å². The van der Waals surface area contributed by atoms with Gasteiger partial charge >= 0.3 is 0 Å². The molecule has 4 nitrogen and oxygen atoms in total. The van der Waals surface area contributed by atoms with E-state index >= 15 is 0 Å². The molecule has 0 saturated carbocycles. The average Bonchev–Trinajstić information content (AvgIpc) is 3.16. The molecular weight excluding hydrogens is 344 g/mol. The van der Waals surface area contributed by atoms with E-state index in [1.54, 1.807) is 18.4 Å². The lowest BCUT2D eigenvalue weighted by molar-refractivity contribution is 0.307. The number of benzene rings is 1. The zero-order chi connectivity index (χ0) is 17.1. The lowest BCUT2D eigenvalue weighted by Crippen LogP contribution is -2.18. The van der Waals surface area contributed by atoms with Crippen molar-refractivity contribution in [3.8, 4) is 16.5 Å². The average molecular weight is 363 g/mol. The number of aromatic nitrogens is 1. The number of methoxy groups -OCH3 is 1. The summed E-state index contributed by atoms with van der Waals surface area (Å²) in [6.45, 7) is 3.41. The van der Waals surface area contributed by atoms with E-state index in [9.17, 15) is 0 Å². The van der Waals surface area contributed by atoms with Gasteiger partial charge in [0.25, 0.3) is 0 Å². The lowest BCUT2D eigenvalue weighted by atomic mass is 10.2. The minimum Gasteiger partial charge on any atom is -0.496 e. The zero-order valence-corrected chi connectivity index (χ0v) is 15.4. The minimum absolute atomic E-state index is 0.711. The summed E-state index contributed by atoms with van der Waals surface area (Å²) in [5.74, 6) is 2.56. The molecule has 0 atom stereocenters. The maximum Gasteiger partial charge on any atom is 0.162 e. The van der Waals surface area contributed by atoms with Crippen molar-refractivity contribution in [2.24, 2.45) is 0 Å². The van der Waals surface area contributed by atoms with Gasteiger partial charge < -0.3 is 9.15 Å². The topological polar surface area (TPSA) is 38.5 Å². The Bertz CT molecular complexity index is 828. The van der Waals surface area contributed by atoms with Gasteiger partial charge in [-0.2, -0.15) is 0 Å². The van der Waals surface area contributed by atoms with E-state index in [4.69, 9.17) is 20.8 Å². The fourth-order valence-electron chi connectivity index (χ4n) is 2.54. The second-order valence-corrected chi connectivity index (χ2v) is 6.98. The van der Waals surface area contributed by atoms with Crippen molar-refractivity contribution in [3.63, 3.8) is 0 Å². The number of halogens is 1. The molecule has 1 aromatic carbocycles. The minimum atomic E-state index is 0.711. The number of ether oxygens (including phenoxy) is 1. The molecule has 2 aromatic heterocycles. The Balaban J connectivity index is 1.68. The van der Waals surface area contributed by atoms with Gasteiger partial charge in [0.1, 0.15) is 11.5 Å². The molecule has 126 valence electrons. The van der Waals surface area contributed by atoms with E-state index in [2.05, 4.69) is 22.3 Å². The summed E-state index contributed by atoms with van der Waals surface area (Å²) in [6, 6.07) is 9.58. The number of nitrogens with zero attached hydrogens (tertiary/aromatic N) is 2. The molecule has 0 spiro atoms. The van der Waals surface area contributed by atoms with Crippen molar-refractivity contribution >= 4 is 22.9 Å². The molecule has 6 heteroatoms. The van der Waals surface area contributed by atoms with Crippen LogP contribution in [0.15, 0.2) is 40.1 Å². The molecule has 0 unspecified atom stereocenters. The molecule has 0 aliphatic heterocycles. The summed E-state index contributed by atoms with van der Waals surface area (Å²) in [5, 5.41) is 3.69. The molecule has 0 N–H and O–H groups in total. The number of aryl methyl sites for hydroxylation is 1. The molecule has 3 aromatic rings.